The van der Waals surface area contributed by atoms with E-state index in [1.165, 1.54) is 19.3 Å². The van der Waals surface area contributed by atoms with E-state index < -0.39 is 70.8 Å². The Hall–Kier alpha value is -3.31. The molecule has 6 aliphatic rings. The number of aliphatic hydroxyl groups is 2. The Morgan fingerprint density at radius 1 is 1.11 bits per heavy atom. The summed E-state index contributed by atoms with van der Waals surface area (Å²) in [7, 11) is 1.37. The van der Waals surface area contributed by atoms with Crippen LogP contribution in [0.4, 0.5) is 0 Å². The first kappa shape index (κ1) is 31.3. The molecule has 12 atom stereocenters. The quantitative estimate of drug-likeness (QED) is 0.207. The van der Waals surface area contributed by atoms with Crippen LogP contribution in [0.1, 0.15) is 52.5 Å². The Kier molecular flexibility index (Phi) is 7.40. The molecule has 0 bridgehead atoms. The highest BCUT2D eigenvalue weighted by Gasteiger charge is 2.78. The van der Waals surface area contributed by atoms with Gasteiger partial charge >= 0.3 is 17.9 Å². The van der Waals surface area contributed by atoms with Crippen LogP contribution in [-0.2, 0) is 38.1 Å². The van der Waals surface area contributed by atoms with Crippen molar-refractivity contribution in [1.82, 2.24) is 0 Å². The lowest BCUT2D eigenvalue weighted by Gasteiger charge is -2.65. The zero-order chi connectivity index (χ0) is 32.8. The number of hydrogen-bond donors (Lipinski definition) is 2. The van der Waals surface area contributed by atoms with E-state index in [0.29, 0.717) is 18.6 Å². The molecule has 0 aromatic heterocycles. The third-order valence-corrected chi connectivity index (χ3v) is 12.4. The summed E-state index contributed by atoms with van der Waals surface area (Å²) in [6.45, 7) is 8.49. The van der Waals surface area contributed by atoms with Gasteiger partial charge in [-0.3, -0.25) is 4.79 Å². The molecule has 10 nitrogen and oxygen atoms in total. The molecule has 10 heteroatoms. The van der Waals surface area contributed by atoms with Gasteiger partial charge in [0, 0.05) is 58.6 Å². The highest BCUT2D eigenvalue weighted by Crippen LogP contribution is 2.73. The van der Waals surface area contributed by atoms with Crippen LogP contribution in [0.2, 0.25) is 0 Å². The first-order valence-corrected chi connectivity index (χ1v) is 16.1. The predicted molar refractivity (Wildman–Crippen MR) is 163 cm³/mol. The topological polar surface area (TPSA) is 138 Å². The number of fused-ring (bicyclic) bond motifs is 4. The van der Waals surface area contributed by atoms with Gasteiger partial charge in [0.15, 0.2) is 0 Å². The maximum absolute atomic E-state index is 13.4. The Labute approximate surface area is 268 Å². The molecular formula is C36H42O10. The standard InChI is InChI=1S/C36H42O10/c1-18-20(21-14-28(40)46-33(21)41)13-22-29(18)36(4)23(15-27(39)42-5)35(3)25(45-26(38)12-11-19-9-7-6-8-10-19)16-24(37)34(2)17-43-30(31(34)35)32(36)44-22/h6-12,14,20,22-25,30-33,37,41H,13,15-17H2,1-5H3/t20-,22-,23-,24-,25+,30-,31+,32-,33+,34-,35+,36-/m1/s1. The minimum atomic E-state index is -1.32. The molecule has 0 amide bonds. The van der Waals surface area contributed by atoms with E-state index in [1.54, 1.807) is 6.08 Å². The lowest BCUT2D eigenvalue weighted by atomic mass is 9.40. The molecule has 0 radical (unpaired) electrons. The van der Waals surface area contributed by atoms with Crippen LogP contribution in [0, 0.1) is 34.0 Å². The third kappa shape index (κ3) is 4.33. The molecule has 246 valence electrons. The molecule has 3 aliphatic carbocycles. The van der Waals surface area contributed by atoms with Crippen molar-refractivity contribution < 1.29 is 48.3 Å². The summed E-state index contributed by atoms with van der Waals surface area (Å²) in [6.07, 6.45) is 1.09. The van der Waals surface area contributed by atoms with Crippen molar-refractivity contribution in [2.24, 2.45) is 34.0 Å². The van der Waals surface area contributed by atoms with Crippen LogP contribution in [0.15, 0.2) is 59.2 Å². The number of hydrogen-bond acceptors (Lipinski definition) is 10. The van der Waals surface area contributed by atoms with E-state index in [-0.39, 0.29) is 30.8 Å². The molecule has 2 saturated carbocycles. The maximum atomic E-state index is 13.4. The summed E-state index contributed by atoms with van der Waals surface area (Å²) < 4.78 is 30.1. The van der Waals surface area contributed by atoms with E-state index >= 15 is 0 Å². The Balaban J connectivity index is 1.34. The van der Waals surface area contributed by atoms with Crippen LogP contribution in [-0.4, -0.2) is 78.6 Å². The number of aliphatic hydroxyl groups excluding tert-OH is 2. The van der Waals surface area contributed by atoms with Gasteiger partial charge in [-0.2, -0.15) is 0 Å². The van der Waals surface area contributed by atoms with E-state index in [2.05, 4.69) is 13.8 Å². The third-order valence-electron chi connectivity index (χ3n) is 12.4. The summed E-state index contributed by atoms with van der Waals surface area (Å²) in [6, 6.07) is 9.45. The molecule has 2 N–H and O–H groups in total. The molecule has 2 saturated heterocycles. The average Bonchev–Trinajstić information content (AvgIpc) is 3.74. The second kappa shape index (κ2) is 10.9. The molecule has 0 spiro atoms. The van der Waals surface area contributed by atoms with Gasteiger partial charge in [0.05, 0.1) is 38.1 Å². The summed E-state index contributed by atoms with van der Waals surface area (Å²) in [5.74, 6) is -2.51. The number of benzene rings is 1. The molecule has 1 aromatic carbocycles. The number of rotatable bonds is 6. The molecule has 7 rings (SSSR count). The fraction of sp³-hybridized carbons (Fsp3) is 0.583. The number of esters is 3. The molecule has 4 fully saturated rings. The minimum absolute atomic E-state index is 0.0355. The molecule has 3 aliphatic heterocycles. The molecule has 0 unspecified atom stereocenters. The van der Waals surface area contributed by atoms with Crippen molar-refractivity contribution in [2.45, 2.75) is 83.8 Å². The van der Waals surface area contributed by atoms with Crippen LogP contribution in [0.25, 0.3) is 6.08 Å². The van der Waals surface area contributed by atoms with Gasteiger partial charge in [-0.1, -0.05) is 56.7 Å². The summed E-state index contributed by atoms with van der Waals surface area (Å²) in [5.41, 5.74) is 1.07. The summed E-state index contributed by atoms with van der Waals surface area (Å²) >= 11 is 0. The minimum Gasteiger partial charge on any atom is -0.469 e. The monoisotopic (exact) mass is 634 g/mol. The van der Waals surface area contributed by atoms with Crippen molar-refractivity contribution in [2.75, 3.05) is 13.7 Å². The van der Waals surface area contributed by atoms with Gasteiger partial charge in [0.1, 0.15) is 6.10 Å². The number of cyclic esters (lactones) is 1. The predicted octanol–water partition coefficient (Wildman–Crippen LogP) is 3.51. The second-order valence-corrected chi connectivity index (χ2v) is 14.5. The van der Waals surface area contributed by atoms with E-state index in [0.717, 1.165) is 16.7 Å². The molecular weight excluding hydrogens is 592 g/mol. The summed E-state index contributed by atoms with van der Waals surface area (Å²) in [5, 5.41) is 22.2. The van der Waals surface area contributed by atoms with E-state index in [4.69, 9.17) is 23.7 Å². The molecule has 1 aromatic rings. The number of ether oxygens (including phenoxy) is 5. The van der Waals surface area contributed by atoms with Gasteiger partial charge in [-0.25, -0.2) is 9.59 Å². The first-order chi connectivity index (χ1) is 21.8. The Morgan fingerprint density at radius 2 is 1.85 bits per heavy atom. The SMILES string of the molecule is COC(=O)C[C@H]1[C@]2(C)C3=C(C)[C@H](C4=CC(=O)O[C@@H]4O)C[C@H]3O[C@@H]2[C@@H]2OC[C@]3(C)[C@H](O)C[C@H](OC(=O)C=Cc4ccccc4)[C@@]1(C)[C@@H]23. The normalized spacial score (nSPS) is 44.0. The van der Waals surface area contributed by atoms with Crippen molar-refractivity contribution in [1.29, 1.82) is 0 Å². The average molecular weight is 635 g/mol. The molecule has 3 heterocycles. The maximum Gasteiger partial charge on any atom is 0.333 e. The number of carbonyl (C=O) groups excluding carboxylic acids is 3. The van der Waals surface area contributed by atoms with Crippen LogP contribution in [0.5, 0.6) is 0 Å². The van der Waals surface area contributed by atoms with E-state index in [1.807, 2.05) is 44.2 Å². The van der Waals surface area contributed by atoms with E-state index in [9.17, 15) is 24.6 Å². The number of allylic oxidation sites excluding steroid dienone is 1. The fourth-order valence-corrected chi connectivity index (χ4v) is 10.4. The second-order valence-electron chi connectivity index (χ2n) is 14.5. The molecule has 46 heavy (non-hydrogen) atoms. The van der Waals surface area contributed by atoms with Crippen LogP contribution in [0.3, 0.4) is 0 Å². The lowest BCUT2D eigenvalue weighted by Crippen LogP contribution is -2.70. The van der Waals surface area contributed by atoms with Crippen LogP contribution < -0.4 is 0 Å². The highest BCUT2D eigenvalue weighted by molar-refractivity contribution is 5.87. The van der Waals surface area contributed by atoms with Gasteiger partial charge in [0.2, 0.25) is 6.29 Å². The van der Waals surface area contributed by atoms with Crippen LogP contribution >= 0.6 is 0 Å². The Morgan fingerprint density at radius 3 is 2.52 bits per heavy atom. The first-order valence-electron chi connectivity index (χ1n) is 16.1. The smallest absolute Gasteiger partial charge is 0.333 e. The zero-order valence-corrected chi connectivity index (χ0v) is 26.8. The number of methoxy groups -OCH3 is 1. The zero-order valence-electron chi connectivity index (χ0n) is 26.8. The van der Waals surface area contributed by atoms with Crippen molar-refractivity contribution in [3.05, 3.63) is 64.8 Å². The van der Waals surface area contributed by atoms with Crippen molar-refractivity contribution in [3.63, 3.8) is 0 Å². The highest BCUT2D eigenvalue weighted by atomic mass is 16.6. The largest absolute Gasteiger partial charge is 0.469 e. The van der Waals surface area contributed by atoms with Gasteiger partial charge in [0.25, 0.3) is 0 Å². The fourth-order valence-electron chi connectivity index (χ4n) is 10.4. The Bertz CT molecular complexity index is 1550. The number of carbonyl (C=O) groups is 3. The van der Waals surface area contributed by atoms with Gasteiger partial charge in [-0.15, -0.1) is 0 Å². The van der Waals surface area contributed by atoms with Gasteiger partial charge in [-0.05, 0) is 36.5 Å². The lowest BCUT2D eigenvalue weighted by molar-refractivity contribution is -0.248. The summed E-state index contributed by atoms with van der Waals surface area (Å²) in [4.78, 5) is 38.7. The van der Waals surface area contributed by atoms with Gasteiger partial charge < -0.3 is 33.9 Å². The van der Waals surface area contributed by atoms with Crippen molar-refractivity contribution in [3.8, 4) is 0 Å². The van der Waals surface area contributed by atoms with Crippen molar-refractivity contribution >= 4 is 24.0 Å².